The van der Waals surface area contributed by atoms with Crippen LogP contribution in [0.25, 0.3) is 0 Å². The van der Waals surface area contributed by atoms with Crippen LogP contribution in [0.4, 0.5) is 5.69 Å². The lowest BCUT2D eigenvalue weighted by molar-refractivity contribution is 0.0690. The van der Waals surface area contributed by atoms with Gasteiger partial charge in [-0.15, -0.1) is 0 Å². The van der Waals surface area contributed by atoms with E-state index in [4.69, 9.17) is 0 Å². The molecule has 0 spiro atoms. The lowest BCUT2D eigenvalue weighted by Crippen LogP contribution is -2.48. The van der Waals surface area contributed by atoms with Crippen molar-refractivity contribution in [1.82, 2.24) is 9.97 Å². The van der Waals surface area contributed by atoms with Gasteiger partial charge in [0.25, 0.3) is 0 Å². The molecule has 1 aromatic rings. The van der Waals surface area contributed by atoms with Gasteiger partial charge >= 0.3 is 5.97 Å². The average molecular weight is 265 g/mol. The van der Waals surface area contributed by atoms with Gasteiger partial charge in [-0.3, -0.25) is 0 Å². The van der Waals surface area contributed by atoms with Crippen LogP contribution in [0.15, 0.2) is 6.20 Å². The first kappa shape index (κ1) is 13.7. The summed E-state index contributed by atoms with van der Waals surface area (Å²) in [5.74, 6) is -0.503. The third kappa shape index (κ3) is 2.68. The third-order valence-corrected chi connectivity index (χ3v) is 3.54. The zero-order valence-electron chi connectivity index (χ0n) is 11.2. The highest BCUT2D eigenvalue weighted by Crippen LogP contribution is 2.35. The minimum absolute atomic E-state index is 0.0159. The van der Waals surface area contributed by atoms with Crippen molar-refractivity contribution in [1.29, 1.82) is 0 Å². The number of nitrogens with one attached hydrogen (secondary N) is 1. The molecule has 6 nitrogen and oxygen atoms in total. The van der Waals surface area contributed by atoms with Crippen LogP contribution < -0.4 is 5.32 Å². The molecule has 104 valence electrons. The minimum atomic E-state index is -1.08. The van der Waals surface area contributed by atoms with Crippen molar-refractivity contribution < 1.29 is 15.0 Å². The van der Waals surface area contributed by atoms with Crippen LogP contribution in [-0.2, 0) is 0 Å². The molecule has 0 atom stereocenters. The Morgan fingerprint density at radius 3 is 2.63 bits per heavy atom. The van der Waals surface area contributed by atoms with Crippen molar-refractivity contribution in [2.45, 2.75) is 44.6 Å². The molecule has 1 aliphatic rings. The topological polar surface area (TPSA) is 95.3 Å². The largest absolute Gasteiger partial charge is 0.476 e. The molecule has 1 aliphatic carbocycles. The summed E-state index contributed by atoms with van der Waals surface area (Å²) >= 11 is 0. The lowest BCUT2D eigenvalue weighted by Gasteiger charge is -2.41. The normalized spacial score (nSPS) is 17.1. The summed E-state index contributed by atoms with van der Waals surface area (Å²) in [6.07, 6.45) is 4.19. The second kappa shape index (κ2) is 5.13. The van der Waals surface area contributed by atoms with E-state index in [-0.39, 0.29) is 18.2 Å². The number of carbonyl (C=O) groups is 1. The molecule has 0 bridgehead atoms. The maximum Gasteiger partial charge on any atom is 0.356 e. The second-order valence-corrected chi connectivity index (χ2v) is 5.37. The molecule has 0 aromatic carbocycles. The molecular weight excluding hydrogens is 246 g/mol. The molecular formula is C13H19N3O3. The van der Waals surface area contributed by atoms with E-state index in [1.165, 1.54) is 6.20 Å². The molecule has 0 amide bonds. The molecule has 3 N–H and O–H groups in total. The zero-order chi connectivity index (χ0) is 14.0. The highest BCUT2D eigenvalue weighted by atomic mass is 16.4. The van der Waals surface area contributed by atoms with E-state index in [0.717, 1.165) is 19.3 Å². The number of aromatic carboxylic acids is 1. The Morgan fingerprint density at radius 1 is 1.53 bits per heavy atom. The van der Waals surface area contributed by atoms with Crippen molar-refractivity contribution in [3.63, 3.8) is 0 Å². The summed E-state index contributed by atoms with van der Waals surface area (Å²) < 4.78 is 0. The van der Waals surface area contributed by atoms with Gasteiger partial charge in [-0.25, -0.2) is 14.8 Å². The van der Waals surface area contributed by atoms with Crippen molar-refractivity contribution in [3.8, 4) is 0 Å². The maximum atomic E-state index is 11.3. The number of aliphatic hydroxyl groups is 1. The second-order valence-electron chi connectivity index (χ2n) is 5.37. The number of hydrogen-bond acceptors (Lipinski definition) is 5. The van der Waals surface area contributed by atoms with Crippen LogP contribution in [-0.4, -0.2) is 38.3 Å². The Labute approximate surface area is 111 Å². The Morgan fingerprint density at radius 2 is 2.21 bits per heavy atom. The summed E-state index contributed by atoms with van der Waals surface area (Å²) in [6, 6.07) is 0. The third-order valence-electron chi connectivity index (χ3n) is 3.54. The van der Waals surface area contributed by atoms with E-state index in [1.807, 2.05) is 13.8 Å². The summed E-state index contributed by atoms with van der Waals surface area (Å²) in [4.78, 5) is 19.6. The molecule has 1 heterocycles. The summed E-state index contributed by atoms with van der Waals surface area (Å²) in [5, 5.41) is 21.8. The van der Waals surface area contributed by atoms with Crippen molar-refractivity contribution in [2.24, 2.45) is 0 Å². The molecule has 6 heteroatoms. The van der Waals surface area contributed by atoms with Gasteiger partial charge in [0.15, 0.2) is 5.69 Å². The van der Waals surface area contributed by atoms with Gasteiger partial charge in [0.1, 0.15) is 5.82 Å². The molecule has 0 radical (unpaired) electrons. The molecule has 2 rings (SSSR count). The van der Waals surface area contributed by atoms with Gasteiger partial charge in [-0.2, -0.15) is 0 Å². The predicted octanol–water partition coefficient (Wildman–Crippen LogP) is 1.63. The highest BCUT2D eigenvalue weighted by Gasteiger charge is 2.37. The Kier molecular flexibility index (Phi) is 3.71. The van der Waals surface area contributed by atoms with Gasteiger partial charge < -0.3 is 15.5 Å². The number of carboxylic acid groups (broad SMARTS) is 1. The summed E-state index contributed by atoms with van der Waals surface area (Å²) in [5.41, 5.74) is -0.0588. The number of hydrogen-bond donors (Lipinski definition) is 3. The van der Waals surface area contributed by atoms with Crippen LogP contribution in [0.3, 0.4) is 0 Å². The van der Waals surface area contributed by atoms with Gasteiger partial charge in [-0.05, 0) is 19.3 Å². The quantitative estimate of drug-likeness (QED) is 0.749. The van der Waals surface area contributed by atoms with Gasteiger partial charge in [0.05, 0.1) is 24.0 Å². The van der Waals surface area contributed by atoms with E-state index in [9.17, 15) is 15.0 Å². The minimum Gasteiger partial charge on any atom is -0.476 e. The van der Waals surface area contributed by atoms with Crippen LogP contribution in [0, 0.1) is 0 Å². The van der Waals surface area contributed by atoms with E-state index >= 15 is 0 Å². The van der Waals surface area contributed by atoms with Crippen molar-refractivity contribution >= 4 is 11.7 Å². The Balaban J connectivity index is 2.31. The van der Waals surface area contributed by atoms with E-state index in [0.29, 0.717) is 11.5 Å². The molecule has 0 unspecified atom stereocenters. The lowest BCUT2D eigenvalue weighted by atomic mass is 9.77. The molecule has 19 heavy (non-hydrogen) atoms. The van der Waals surface area contributed by atoms with Gasteiger partial charge in [-0.1, -0.05) is 13.8 Å². The predicted molar refractivity (Wildman–Crippen MR) is 70.4 cm³/mol. The maximum absolute atomic E-state index is 11.3. The first-order valence-electron chi connectivity index (χ1n) is 6.47. The number of aliphatic hydroxyl groups excluding tert-OH is 1. The average Bonchev–Trinajstić information content (AvgIpc) is 2.33. The fourth-order valence-corrected chi connectivity index (χ4v) is 2.14. The SMILES string of the molecule is CC(C)c1ncc(NC2(CO)CCC2)c(C(=O)O)n1. The monoisotopic (exact) mass is 265 g/mol. The number of carboxylic acids is 1. The Hall–Kier alpha value is -1.69. The fourth-order valence-electron chi connectivity index (χ4n) is 2.14. The van der Waals surface area contributed by atoms with Crippen LogP contribution in [0.5, 0.6) is 0 Å². The molecule has 0 saturated heterocycles. The summed E-state index contributed by atoms with van der Waals surface area (Å²) in [7, 11) is 0. The van der Waals surface area contributed by atoms with Crippen LogP contribution in [0.1, 0.15) is 55.3 Å². The van der Waals surface area contributed by atoms with E-state index in [1.54, 1.807) is 0 Å². The molecule has 1 saturated carbocycles. The summed E-state index contributed by atoms with van der Waals surface area (Å²) in [6.45, 7) is 3.81. The van der Waals surface area contributed by atoms with E-state index in [2.05, 4.69) is 15.3 Å². The number of nitrogens with zero attached hydrogens (tertiary/aromatic N) is 2. The molecule has 0 aliphatic heterocycles. The number of aromatic nitrogens is 2. The zero-order valence-corrected chi connectivity index (χ0v) is 11.2. The van der Waals surface area contributed by atoms with Crippen LogP contribution in [0.2, 0.25) is 0 Å². The van der Waals surface area contributed by atoms with Crippen molar-refractivity contribution in [3.05, 3.63) is 17.7 Å². The number of anilines is 1. The first-order valence-corrected chi connectivity index (χ1v) is 6.47. The van der Waals surface area contributed by atoms with Crippen molar-refractivity contribution in [2.75, 3.05) is 11.9 Å². The van der Waals surface area contributed by atoms with Crippen LogP contribution >= 0.6 is 0 Å². The smallest absolute Gasteiger partial charge is 0.356 e. The first-order chi connectivity index (χ1) is 8.97. The Bertz CT molecular complexity index is 479. The van der Waals surface area contributed by atoms with Gasteiger partial charge in [0.2, 0.25) is 0 Å². The van der Waals surface area contributed by atoms with E-state index < -0.39 is 11.5 Å². The fraction of sp³-hybridized carbons (Fsp3) is 0.615. The highest BCUT2D eigenvalue weighted by molar-refractivity contribution is 5.91. The standard InChI is InChI=1S/C13H19N3O3/c1-8(2)11-14-6-9(10(15-11)12(18)19)16-13(7-17)4-3-5-13/h6,8,16-17H,3-5,7H2,1-2H3,(H,18,19). The molecule has 1 aromatic heterocycles. The number of rotatable bonds is 5. The molecule has 1 fully saturated rings. The van der Waals surface area contributed by atoms with Gasteiger partial charge in [0, 0.05) is 5.92 Å².